The lowest BCUT2D eigenvalue weighted by Gasteiger charge is -2.10. The molecule has 0 saturated heterocycles. The minimum Gasteiger partial charge on any atom is -0.324 e. The summed E-state index contributed by atoms with van der Waals surface area (Å²) in [6, 6.07) is 17.2. The third-order valence-corrected chi connectivity index (χ3v) is 5.54. The maximum Gasteiger partial charge on any atom is 0.267 e. The number of rotatable bonds is 5. The highest BCUT2D eigenvalue weighted by Crippen LogP contribution is 2.17. The summed E-state index contributed by atoms with van der Waals surface area (Å²) in [7, 11) is -3.88. The van der Waals surface area contributed by atoms with E-state index in [1.165, 1.54) is 12.1 Å². The minimum atomic E-state index is -3.88. The zero-order valence-electron chi connectivity index (χ0n) is 14.5. The van der Waals surface area contributed by atoms with E-state index in [1.54, 1.807) is 30.3 Å². The second kappa shape index (κ2) is 7.55. The molecule has 0 aliphatic rings. The Balaban J connectivity index is 1.87. The van der Waals surface area contributed by atoms with Crippen molar-refractivity contribution in [3.63, 3.8) is 0 Å². The van der Waals surface area contributed by atoms with Crippen molar-refractivity contribution in [2.75, 3.05) is 5.32 Å². The number of carbonyl (C=O) groups excluding carboxylic acids is 1. The molecule has 1 N–H and O–H groups in total. The lowest BCUT2D eigenvalue weighted by atomic mass is 10.2. The Labute approximate surface area is 156 Å². The zero-order valence-corrected chi connectivity index (χ0v) is 15.3. The second-order valence-corrected chi connectivity index (χ2v) is 7.74. The highest BCUT2D eigenvalue weighted by atomic mass is 32.2. The van der Waals surface area contributed by atoms with Crippen LogP contribution in [0.25, 0.3) is 0 Å². The van der Waals surface area contributed by atoms with Crippen molar-refractivity contribution in [2.24, 2.45) is 0 Å². The average Bonchev–Trinajstić information content (AvgIpc) is 2.66. The van der Waals surface area contributed by atoms with Gasteiger partial charge in [-0.1, -0.05) is 36.4 Å². The zero-order chi connectivity index (χ0) is 19.4. The highest BCUT2D eigenvalue weighted by Gasteiger charge is 2.20. The van der Waals surface area contributed by atoms with E-state index in [4.69, 9.17) is 0 Å². The number of aryl methyl sites for hydroxylation is 1. The predicted molar refractivity (Wildman–Crippen MR) is 100 cm³/mol. The van der Waals surface area contributed by atoms with Crippen LogP contribution in [-0.2, 0) is 21.2 Å². The summed E-state index contributed by atoms with van der Waals surface area (Å²) in [6.45, 7) is 1.44. The van der Waals surface area contributed by atoms with E-state index in [-0.39, 0.29) is 9.92 Å². The molecule has 0 saturated carbocycles. The van der Waals surface area contributed by atoms with E-state index in [1.807, 2.05) is 19.1 Å². The third kappa shape index (κ3) is 4.12. The van der Waals surface area contributed by atoms with E-state index in [9.17, 15) is 18.0 Å². The van der Waals surface area contributed by atoms with Gasteiger partial charge in [0.05, 0.1) is 4.90 Å². The van der Waals surface area contributed by atoms with E-state index in [2.05, 4.69) is 10.4 Å². The molecule has 0 spiro atoms. The lowest BCUT2D eigenvalue weighted by Crippen LogP contribution is -2.30. The van der Waals surface area contributed by atoms with Crippen LogP contribution in [0, 0.1) is 6.92 Å². The van der Waals surface area contributed by atoms with Crippen LogP contribution in [0.5, 0.6) is 0 Å². The Morgan fingerprint density at radius 1 is 1.00 bits per heavy atom. The molecule has 1 amide bonds. The SMILES string of the molecule is Cc1ccccc1NC(=O)Cn1nc(S(=O)(=O)c2ccccc2)ccc1=O. The van der Waals surface area contributed by atoms with Gasteiger partial charge in [-0.05, 0) is 36.8 Å². The summed E-state index contributed by atoms with van der Waals surface area (Å²) in [5.74, 6) is -0.479. The maximum absolute atomic E-state index is 12.6. The normalized spacial score (nSPS) is 11.1. The van der Waals surface area contributed by atoms with Crippen molar-refractivity contribution < 1.29 is 13.2 Å². The fourth-order valence-electron chi connectivity index (χ4n) is 2.45. The van der Waals surface area contributed by atoms with E-state index in [0.29, 0.717) is 5.69 Å². The first-order valence-electron chi connectivity index (χ1n) is 8.12. The van der Waals surface area contributed by atoms with Crippen molar-refractivity contribution in [2.45, 2.75) is 23.4 Å². The molecule has 27 heavy (non-hydrogen) atoms. The standard InChI is InChI=1S/C19H17N3O4S/c1-14-7-5-6-10-16(14)20-17(23)13-22-19(24)12-11-18(21-22)27(25,26)15-8-3-2-4-9-15/h2-12H,13H2,1H3,(H,20,23). The van der Waals surface area contributed by atoms with Gasteiger partial charge in [-0.2, -0.15) is 5.10 Å². The Bertz CT molecular complexity index is 1140. The molecule has 1 aromatic heterocycles. The fourth-order valence-corrected chi connectivity index (χ4v) is 3.66. The first-order valence-corrected chi connectivity index (χ1v) is 9.60. The van der Waals surface area contributed by atoms with Crippen molar-refractivity contribution in [3.05, 3.63) is 82.6 Å². The molecule has 1 heterocycles. The van der Waals surface area contributed by atoms with E-state index in [0.717, 1.165) is 22.4 Å². The van der Waals surface area contributed by atoms with Crippen LogP contribution in [-0.4, -0.2) is 24.1 Å². The second-order valence-electron chi connectivity index (χ2n) is 5.85. The van der Waals surface area contributed by atoms with Crippen molar-refractivity contribution >= 4 is 21.4 Å². The molecule has 3 rings (SSSR count). The predicted octanol–water partition coefficient (Wildman–Crippen LogP) is 2.02. The van der Waals surface area contributed by atoms with E-state index < -0.39 is 27.8 Å². The summed E-state index contributed by atoms with van der Waals surface area (Å²) in [5, 5.41) is 6.27. The van der Waals surface area contributed by atoms with Crippen LogP contribution in [0.3, 0.4) is 0 Å². The Morgan fingerprint density at radius 2 is 1.67 bits per heavy atom. The van der Waals surface area contributed by atoms with Gasteiger partial charge >= 0.3 is 0 Å². The number of para-hydroxylation sites is 1. The van der Waals surface area contributed by atoms with Gasteiger partial charge in [0, 0.05) is 11.8 Å². The van der Waals surface area contributed by atoms with Gasteiger partial charge in [-0.25, -0.2) is 13.1 Å². The number of hydrogen-bond acceptors (Lipinski definition) is 5. The average molecular weight is 383 g/mol. The smallest absolute Gasteiger partial charge is 0.267 e. The van der Waals surface area contributed by atoms with Gasteiger partial charge in [-0.15, -0.1) is 0 Å². The molecule has 0 aliphatic heterocycles. The van der Waals surface area contributed by atoms with Crippen LogP contribution in [0.15, 0.2) is 81.4 Å². The van der Waals surface area contributed by atoms with Crippen molar-refractivity contribution in [1.29, 1.82) is 0 Å². The van der Waals surface area contributed by atoms with Gasteiger partial charge in [0.1, 0.15) is 6.54 Å². The number of carbonyl (C=O) groups is 1. The largest absolute Gasteiger partial charge is 0.324 e. The van der Waals surface area contributed by atoms with Gasteiger partial charge in [0.25, 0.3) is 5.56 Å². The molecule has 0 fully saturated rings. The monoisotopic (exact) mass is 383 g/mol. The van der Waals surface area contributed by atoms with Gasteiger partial charge < -0.3 is 5.32 Å². The topological polar surface area (TPSA) is 98.1 Å². The van der Waals surface area contributed by atoms with Crippen molar-refractivity contribution in [1.82, 2.24) is 9.78 Å². The van der Waals surface area contributed by atoms with Crippen LogP contribution in [0.2, 0.25) is 0 Å². The lowest BCUT2D eigenvalue weighted by molar-refractivity contribution is -0.117. The summed E-state index contributed by atoms with van der Waals surface area (Å²) in [5.41, 5.74) is 0.914. The Morgan fingerprint density at radius 3 is 2.37 bits per heavy atom. The van der Waals surface area contributed by atoms with Crippen LogP contribution in [0.1, 0.15) is 5.56 Å². The third-order valence-electron chi connectivity index (χ3n) is 3.88. The molecule has 2 aromatic carbocycles. The Kier molecular flexibility index (Phi) is 5.18. The number of anilines is 1. The quantitative estimate of drug-likeness (QED) is 0.727. The molecule has 0 bridgehead atoms. The maximum atomic E-state index is 12.6. The first kappa shape index (κ1) is 18.5. The molecule has 0 aliphatic carbocycles. The molecule has 0 unspecified atom stereocenters. The number of nitrogens with one attached hydrogen (secondary N) is 1. The summed E-state index contributed by atoms with van der Waals surface area (Å²) >= 11 is 0. The molecule has 3 aromatic rings. The van der Waals surface area contributed by atoms with Gasteiger partial charge in [0.15, 0.2) is 5.03 Å². The molecule has 8 heteroatoms. The minimum absolute atomic E-state index is 0.0621. The van der Waals surface area contributed by atoms with E-state index >= 15 is 0 Å². The number of aromatic nitrogens is 2. The van der Waals surface area contributed by atoms with Gasteiger partial charge in [0.2, 0.25) is 15.7 Å². The van der Waals surface area contributed by atoms with Gasteiger partial charge in [-0.3, -0.25) is 9.59 Å². The molecule has 138 valence electrons. The van der Waals surface area contributed by atoms with Crippen LogP contribution < -0.4 is 10.9 Å². The van der Waals surface area contributed by atoms with Crippen LogP contribution >= 0.6 is 0 Å². The number of nitrogens with zero attached hydrogens (tertiary/aromatic N) is 2. The first-order chi connectivity index (χ1) is 12.9. The number of benzene rings is 2. The summed E-state index contributed by atoms with van der Waals surface area (Å²) in [4.78, 5) is 24.3. The fraction of sp³-hybridized carbons (Fsp3) is 0.105. The Hall–Kier alpha value is -3.26. The molecule has 0 atom stereocenters. The van der Waals surface area contributed by atoms with Crippen LogP contribution in [0.4, 0.5) is 5.69 Å². The number of amides is 1. The van der Waals surface area contributed by atoms with Crippen molar-refractivity contribution in [3.8, 4) is 0 Å². The summed E-state index contributed by atoms with van der Waals surface area (Å²) in [6.07, 6.45) is 0. The molecular formula is C19H17N3O4S. The molecule has 7 nitrogen and oxygen atoms in total. The summed E-state index contributed by atoms with van der Waals surface area (Å²) < 4.78 is 26.1. The molecular weight excluding hydrogens is 366 g/mol. The number of sulfone groups is 1. The number of hydrogen-bond donors (Lipinski definition) is 1. The highest BCUT2D eigenvalue weighted by molar-refractivity contribution is 7.91. The molecule has 0 radical (unpaired) electrons.